The number of aryl methyl sites for hydroxylation is 1. The summed E-state index contributed by atoms with van der Waals surface area (Å²) in [5, 5.41) is 3.96. The molecule has 1 aromatic heterocycles. The lowest BCUT2D eigenvalue weighted by Gasteiger charge is -2.18. The first-order valence-electron chi connectivity index (χ1n) is 5.76. The molecule has 4 heteroatoms. The second-order valence-electron chi connectivity index (χ2n) is 4.68. The minimum atomic E-state index is -0.419. The molecule has 1 fully saturated rings. The molecule has 0 saturated heterocycles. The van der Waals surface area contributed by atoms with Gasteiger partial charge in [-0.15, -0.1) is 0 Å². The molecule has 2 N–H and O–H groups in total. The Morgan fingerprint density at radius 1 is 1.53 bits per heavy atom. The van der Waals surface area contributed by atoms with E-state index in [1.807, 2.05) is 6.92 Å². The maximum Gasteiger partial charge on any atom is 0.246 e. The fraction of sp³-hybridized carbons (Fsp3) is 0.818. The van der Waals surface area contributed by atoms with Crippen molar-refractivity contribution in [1.29, 1.82) is 0 Å². The van der Waals surface area contributed by atoms with Crippen molar-refractivity contribution in [2.75, 3.05) is 0 Å². The van der Waals surface area contributed by atoms with Crippen LogP contribution in [0.2, 0.25) is 0 Å². The molecule has 84 valence electrons. The number of unbranched alkanes of at least 4 members (excludes halogenated alkanes) is 1. The van der Waals surface area contributed by atoms with Crippen LogP contribution in [0.4, 0.5) is 0 Å². The van der Waals surface area contributed by atoms with Crippen molar-refractivity contribution in [3.63, 3.8) is 0 Å². The highest BCUT2D eigenvalue weighted by Gasteiger charge is 2.43. The van der Waals surface area contributed by atoms with Crippen LogP contribution >= 0.6 is 0 Å². The first kappa shape index (κ1) is 10.6. The van der Waals surface area contributed by atoms with Gasteiger partial charge in [0.2, 0.25) is 5.89 Å². The van der Waals surface area contributed by atoms with Gasteiger partial charge in [0.05, 0.1) is 5.54 Å². The molecule has 0 bridgehead atoms. The Hall–Kier alpha value is -0.900. The predicted octanol–water partition coefficient (Wildman–Crippen LogP) is 2.00. The Morgan fingerprint density at radius 3 is 2.87 bits per heavy atom. The van der Waals surface area contributed by atoms with Crippen LogP contribution in [-0.4, -0.2) is 10.1 Å². The van der Waals surface area contributed by atoms with Crippen molar-refractivity contribution in [2.24, 2.45) is 11.7 Å². The Kier molecular flexibility index (Phi) is 2.78. The molecule has 4 nitrogen and oxygen atoms in total. The summed E-state index contributed by atoms with van der Waals surface area (Å²) in [7, 11) is 0. The molecule has 1 heterocycles. The van der Waals surface area contributed by atoms with E-state index < -0.39 is 5.54 Å². The van der Waals surface area contributed by atoms with Gasteiger partial charge in [0.25, 0.3) is 0 Å². The van der Waals surface area contributed by atoms with Gasteiger partial charge in [0.1, 0.15) is 0 Å². The summed E-state index contributed by atoms with van der Waals surface area (Å²) in [5.41, 5.74) is 5.77. The summed E-state index contributed by atoms with van der Waals surface area (Å²) in [6.07, 6.45) is 5.50. The minimum Gasteiger partial charge on any atom is -0.337 e. The van der Waals surface area contributed by atoms with E-state index in [4.69, 9.17) is 10.3 Å². The molecule has 1 atom stereocenters. The van der Waals surface area contributed by atoms with Crippen LogP contribution in [0.15, 0.2) is 4.52 Å². The highest BCUT2D eigenvalue weighted by Crippen LogP contribution is 2.43. The third kappa shape index (κ3) is 2.20. The quantitative estimate of drug-likeness (QED) is 0.805. The van der Waals surface area contributed by atoms with Crippen LogP contribution in [0.5, 0.6) is 0 Å². The number of aromatic nitrogens is 2. The fourth-order valence-electron chi connectivity index (χ4n) is 1.77. The lowest BCUT2D eigenvalue weighted by atomic mass is 9.97. The van der Waals surface area contributed by atoms with Gasteiger partial charge in [-0.25, -0.2) is 0 Å². The van der Waals surface area contributed by atoms with E-state index in [1.165, 1.54) is 12.8 Å². The predicted molar refractivity (Wildman–Crippen MR) is 57.2 cm³/mol. The molecule has 0 amide bonds. The lowest BCUT2D eigenvalue weighted by molar-refractivity contribution is 0.272. The first-order chi connectivity index (χ1) is 7.14. The second kappa shape index (κ2) is 3.93. The maximum absolute atomic E-state index is 6.19. The van der Waals surface area contributed by atoms with E-state index in [1.54, 1.807) is 0 Å². The number of rotatable bonds is 5. The molecule has 0 spiro atoms. The summed E-state index contributed by atoms with van der Waals surface area (Å²) in [6.45, 7) is 4.14. The largest absolute Gasteiger partial charge is 0.337 e. The standard InChI is InChI=1S/C11H19N3O/c1-3-4-5-9-13-10(15-14-9)11(2,12)8-6-7-8/h8H,3-7,12H2,1-2H3. The van der Waals surface area contributed by atoms with Gasteiger partial charge < -0.3 is 10.3 Å². The number of hydrogen-bond donors (Lipinski definition) is 1. The van der Waals surface area contributed by atoms with E-state index in [-0.39, 0.29) is 0 Å². The number of hydrogen-bond acceptors (Lipinski definition) is 4. The van der Waals surface area contributed by atoms with E-state index in [2.05, 4.69) is 17.1 Å². The SMILES string of the molecule is CCCCc1noc(C(C)(N)C2CC2)n1. The summed E-state index contributed by atoms with van der Waals surface area (Å²) in [4.78, 5) is 4.38. The number of nitrogens with two attached hydrogens (primary N) is 1. The van der Waals surface area contributed by atoms with Crippen molar-refractivity contribution in [2.45, 2.75) is 51.5 Å². The van der Waals surface area contributed by atoms with E-state index >= 15 is 0 Å². The monoisotopic (exact) mass is 209 g/mol. The molecule has 0 radical (unpaired) electrons. The third-order valence-corrected chi connectivity index (χ3v) is 3.11. The zero-order chi connectivity index (χ0) is 10.9. The normalized spacial score (nSPS) is 20.2. The second-order valence-corrected chi connectivity index (χ2v) is 4.68. The van der Waals surface area contributed by atoms with Gasteiger partial charge in [0.15, 0.2) is 5.82 Å². The van der Waals surface area contributed by atoms with Gasteiger partial charge in [-0.3, -0.25) is 0 Å². The van der Waals surface area contributed by atoms with Crippen LogP contribution in [0.1, 0.15) is 51.2 Å². The molecule has 1 unspecified atom stereocenters. The lowest BCUT2D eigenvalue weighted by Crippen LogP contribution is -2.35. The maximum atomic E-state index is 6.19. The van der Waals surface area contributed by atoms with Crippen molar-refractivity contribution in [3.8, 4) is 0 Å². The Morgan fingerprint density at radius 2 is 2.27 bits per heavy atom. The van der Waals surface area contributed by atoms with Crippen LogP contribution in [0.25, 0.3) is 0 Å². The molecular weight excluding hydrogens is 190 g/mol. The molecule has 1 saturated carbocycles. The van der Waals surface area contributed by atoms with Crippen molar-refractivity contribution < 1.29 is 4.52 Å². The van der Waals surface area contributed by atoms with Crippen molar-refractivity contribution >= 4 is 0 Å². The van der Waals surface area contributed by atoms with E-state index in [0.717, 1.165) is 25.1 Å². The van der Waals surface area contributed by atoms with Gasteiger partial charge in [0, 0.05) is 6.42 Å². The average molecular weight is 209 g/mol. The number of nitrogens with zero attached hydrogens (tertiary/aromatic N) is 2. The Labute approximate surface area is 90.2 Å². The highest BCUT2D eigenvalue weighted by atomic mass is 16.5. The van der Waals surface area contributed by atoms with Gasteiger partial charge >= 0.3 is 0 Å². The third-order valence-electron chi connectivity index (χ3n) is 3.11. The van der Waals surface area contributed by atoms with Crippen LogP contribution in [-0.2, 0) is 12.0 Å². The zero-order valence-corrected chi connectivity index (χ0v) is 9.49. The van der Waals surface area contributed by atoms with Gasteiger partial charge in [-0.05, 0) is 32.1 Å². The highest BCUT2D eigenvalue weighted by molar-refractivity contribution is 5.07. The van der Waals surface area contributed by atoms with Crippen molar-refractivity contribution in [3.05, 3.63) is 11.7 Å². The molecular formula is C11H19N3O. The van der Waals surface area contributed by atoms with Gasteiger partial charge in [-0.1, -0.05) is 18.5 Å². The smallest absolute Gasteiger partial charge is 0.246 e. The van der Waals surface area contributed by atoms with Crippen LogP contribution in [0.3, 0.4) is 0 Å². The molecule has 0 aliphatic heterocycles. The zero-order valence-electron chi connectivity index (χ0n) is 9.49. The van der Waals surface area contributed by atoms with E-state index in [9.17, 15) is 0 Å². The first-order valence-corrected chi connectivity index (χ1v) is 5.76. The summed E-state index contributed by atoms with van der Waals surface area (Å²) in [6, 6.07) is 0. The molecule has 15 heavy (non-hydrogen) atoms. The molecule has 2 rings (SSSR count). The molecule has 1 aliphatic rings. The topological polar surface area (TPSA) is 64.9 Å². The van der Waals surface area contributed by atoms with E-state index in [0.29, 0.717) is 11.8 Å². The van der Waals surface area contributed by atoms with Crippen LogP contribution < -0.4 is 5.73 Å². The Bertz CT molecular complexity index is 328. The van der Waals surface area contributed by atoms with Crippen molar-refractivity contribution in [1.82, 2.24) is 10.1 Å². The summed E-state index contributed by atoms with van der Waals surface area (Å²) >= 11 is 0. The summed E-state index contributed by atoms with van der Waals surface area (Å²) < 4.78 is 5.24. The summed E-state index contributed by atoms with van der Waals surface area (Å²) in [5.74, 6) is 1.93. The minimum absolute atomic E-state index is 0.419. The molecule has 1 aromatic rings. The average Bonchev–Trinajstić information content (AvgIpc) is 2.95. The van der Waals surface area contributed by atoms with Gasteiger partial charge in [-0.2, -0.15) is 4.98 Å². The Balaban J connectivity index is 2.05. The van der Waals surface area contributed by atoms with Crippen LogP contribution in [0, 0.1) is 5.92 Å². The molecule has 1 aliphatic carbocycles. The molecule has 0 aromatic carbocycles. The fourth-order valence-corrected chi connectivity index (χ4v) is 1.77.